The van der Waals surface area contributed by atoms with Crippen molar-refractivity contribution < 1.29 is 27.8 Å². The van der Waals surface area contributed by atoms with E-state index >= 15 is 0 Å². The zero-order valence-electron chi connectivity index (χ0n) is 23.3. The smallest absolute Gasteiger partial charge is 0.376 e. The summed E-state index contributed by atoms with van der Waals surface area (Å²) >= 11 is 0. The second-order valence-electron chi connectivity index (χ2n) is 11.6. The number of rotatable bonds is 8. The van der Waals surface area contributed by atoms with E-state index in [1.807, 2.05) is 0 Å². The van der Waals surface area contributed by atoms with Crippen molar-refractivity contribution in [2.24, 2.45) is 23.2 Å². The monoisotopic (exact) mass is 579 g/mol. The lowest BCUT2D eigenvalue weighted by Gasteiger charge is -2.55. The van der Waals surface area contributed by atoms with Crippen LogP contribution in [-0.4, -0.2) is 31.1 Å². The van der Waals surface area contributed by atoms with Crippen molar-refractivity contribution in [1.29, 1.82) is 0 Å². The fourth-order valence-corrected chi connectivity index (χ4v) is 9.09. The summed E-state index contributed by atoms with van der Waals surface area (Å²) in [6.45, 7) is 0.0134. The Morgan fingerprint density at radius 3 is 1.44 bits per heavy atom. The number of carbonyl (C=O) groups excluding carboxylic acids is 2. The molecule has 41 heavy (non-hydrogen) atoms. The maximum absolute atomic E-state index is 12.6. The SMILES string of the molecule is CC(F)(F)C(=O)OCCOC(=O)C12CC3CC(CC(C3)C1)C2.c1ccc([S+](c2ccccc2)c2ccccc2)cc1. The van der Waals surface area contributed by atoms with Crippen LogP contribution in [0.4, 0.5) is 8.78 Å². The zero-order chi connectivity index (χ0) is 28.9. The van der Waals surface area contributed by atoms with Crippen molar-refractivity contribution in [2.45, 2.75) is 66.1 Å². The van der Waals surface area contributed by atoms with Gasteiger partial charge in [-0.2, -0.15) is 8.78 Å². The summed E-state index contributed by atoms with van der Waals surface area (Å²) in [7, 11) is -0.0146. The minimum Gasteiger partial charge on any atom is -0.462 e. The van der Waals surface area contributed by atoms with Crippen LogP contribution in [-0.2, 0) is 30.0 Å². The first-order valence-corrected chi connectivity index (χ1v) is 15.6. The Bertz CT molecular complexity index is 1170. The van der Waals surface area contributed by atoms with Gasteiger partial charge in [-0.25, -0.2) is 4.79 Å². The molecule has 0 amide bonds. The van der Waals surface area contributed by atoms with Crippen LogP contribution in [0, 0.1) is 23.2 Å². The van der Waals surface area contributed by atoms with Gasteiger partial charge in [0.2, 0.25) is 0 Å². The van der Waals surface area contributed by atoms with Crippen molar-refractivity contribution in [3.63, 3.8) is 0 Å². The highest BCUT2D eigenvalue weighted by molar-refractivity contribution is 7.97. The summed E-state index contributed by atoms with van der Waals surface area (Å²) in [6.07, 6.45) is 6.38. The number of ether oxygens (including phenoxy) is 2. The van der Waals surface area contributed by atoms with Crippen molar-refractivity contribution in [3.8, 4) is 0 Å². The third-order valence-electron chi connectivity index (χ3n) is 8.32. The van der Waals surface area contributed by atoms with Gasteiger partial charge < -0.3 is 9.47 Å². The maximum atomic E-state index is 12.6. The summed E-state index contributed by atoms with van der Waals surface area (Å²) in [5, 5.41) is 0. The lowest BCUT2D eigenvalue weighted by atomic mass is 9.49. The Morgan fingerprint density at radius 2 is 1.07 bits per heavy atom. The lowest BCUT2D eigenvalue weighted by Crippen LogP contribution is -2.50. The van der Waals surface area contributed by atoms with Gasteiger partial charge in [-0.15, -0.1) is 0 Å². The van der Waals surface area contributed by atoms with Crippen LogP contribution in [0.3, 0.4) is 0 Å². The van der Waals surface area contributed by atoms with E-state index in [-0.39, 0.29) is 35.5 Å². The Hall–Kier alpha value is -3.19. The van der Waals surface area contributed by atoms with Crippen LogP contribution in [0.2, 0.25) is 0 Å². The van der Waals surface area contributed by atoms with E-state index in [1.165, 1.54) is 33.9 Å². The van der Waals surface area contributed by atoms with Gasteiger partial charge >= 0.3 is 17.9 Å². The number of carbonyl (C=O) groups is 2. The highest BCUT2D eigenvalue weighted by atomic mass is 32.2. The molecule has 4 nitrogen and oxygen atoms in total. The molecule has 7 rings (SSSR count). The average Bonchev–Trinajstić information content (AvgIpc) is 2.96. The van der Waals surface area contributed by atoms with Gasteiger partial charge in [0.25, 0.3) is 0 Å². The molecule has 0 N–H and O–H groups in total. The van der Waals surface area contributed by atoms with E-state index in [0.717, 1.165) is 19.3 Å². The molecule has 7 heteroatoms. The minimum absolute atomic E-state index is 0.0146. The fourth-order valence-electron chi connectivity index (χ4n) is 6.99. The zero-order valence-corrected chi connectivity index (χ0v) is 24.2. The third-order valence-corrected chi connectivity index (χ3v) is 10.5. The normalized spacial score (nSPS) is 24.3. The lowest BCUT2D eigenvalue weighted by molar-refractivity contribution is -0.179. The van der Waals surface area contributed by atoms with Crippen molar-refractivity contribution in [2.75, 3.05) is 13.2 Å². The molecule has 0 aromatic heterocycles. The predicted octanol–water partition coefficient (Wildman–Crippen LogP) is 7.73. The Balaban J connectivity index is 0.000000166. The summed E-state index contributed by atoms with van der Waals surface area (Å²) in [4.78, 5) is 27.4. The van der Waals surface area contributed by atoms with Crippen molar-refractivity contribution in [1.82, 2.24) is 0 Å². The van der Waals surface area contributed by atoms with Gasteiger partial charge in [-0.05, 0) is 92.7 Å². The van der Waals surface area contributed by atoms with Crippen molar-refractivity contribution in [3.05, 3.63) is 91.0 Å². The van der Waals surface area contributed by atoms with E-state index in [9.17, 15) is 18.4 Å². The molecule has 0 unspecified atom stereocenters. The Morgan fingerprint density at radius 1 is 0.707 bits per heavy atom. The van der Waals surface area contributed by atoms with Crippen LogP contribution in [0.5, 0.6) is 0 Å². The quantitative estimate of drug-likeness (QED) is 0.156. The van der Waals surface area contributed by atoms with E-state index in [4.69, 9.17) is 4.74 Å². The number of hydrogen-bond donors (Lipinski definition) is 0. The first-order valence-electron chi connectivity index (χ1n) is 14.4. The van der Waals surface area contributed by atoms with E-state index < -0.39 is 11.9 Å². The molecule has 0 radical (unpaired) electrons. The largest absolute Gasteiger partial charge is 0.462 e. The molecule has 0 aliphatic heterocycles. The highest BCUT2D eigenvalue weighted by Gasteiger charge is 2.55. The molecule has 4 saturated carbocycles. The molecule has 4 aliphatic carbocycles. The molecule has 0 atom stereocenters. The molecule has 0 saturated heterocycles. The predicted molar refractivity (Wildman–Crippen MR) is 155 cm³/mol. The Labute approximate surface area is 243 Å². The number of hydrogen-bond acceptors (Lipinski definition) is 4. The molecule has 3 aromatic rings. The minimum atomic E-state index is -3.51. The molecule has 0 spiro atoms. The summed E-state index contributed by atoms with van der Waals surface area (Å²) < 4.78 is 34.9. The average molecular weight is 580 g/mol. The van der Waals surface area contributed by atoms with Crippen LogP contribution in [0.1, 0.15) is 45.4 Å². The fraction of sp³-hybridized carbons (Fsp3) is 0.412. The topological polar surface area (TPSA) is 52.6 Å². The maximum Gasteiger partial charge on any atom is 0.376 e. The van der Waals surface area contributed by atoms with E-state index in [1.54, 1.807) is 0 Å². The van der Waals surface area contributed by atoms with Gasteiger partial charge in [-0.3, -0.25) is 4.79 Å². The van der Waals surface area contributed by atoms with Crippen LogP contribution in [0.25, 0.3) is 0 Å². The second-order valence-corrected chi connectivity index (χ2v) is 13.6. The third kappa shape index (κ3) is 7.18. The standard InChI is InChI=1S/C18H15S.C16H22F2O4/c1-4-10-16(11-5-1)19(17-12-6-2-7-13-17)18-14-8-3-9-15-18;1-15(17,18)13(19)21-2-3-22-14(20)16-7-10-4-11(8-16)6-12(5-10)9-16/h1-15H;10-12H,2-9H2,1H3/q+1;. The molecule has 4 aliphatic rings. The molecule has 4 fully saturated rings. The number of benzene rings is 3. The van der Waals surface area contributed by atoms with Gasteiger partial charge in [0.1, 0.15) is 13.2 Å². The van der Waals surface area contributed by atoms with Crippen molar-refractivity contribution >= 4 is 22.8 Å². The molecular weight excluding hydrogens is 542 g/mol. The van der Waals surface area contributed by atoms with Crippen LogP contribution >= 0.6 is 0 Å². The van der Waals surface area contributed by atoms with Crippen LogP contribution < -0.4 is 0 Å². The number of halogens is 2. The molecule has 216 valence electrons. The molecule has 3 aromatic carbocycles. The molecular formula is C34H37F2O4S+. The van der Waals surface area contributed by atoms with E-state index in [0.29, 0.717) is 24.7 Å². The molecule has 0 heterocycles. The van der Waals surface area contributed by atoms with Gasteiger partial charge in [0, 0.05) is 6.92 Å². The number of alkyl halides is 2. The number of esters is 2. The first kappa shape index (κ1) is 29.3. The Kier molecular flexibility index (Phi) is 9.12. The first-order chi connectivity index (χ1) is 19.7. The summed E-state index contributed by atoms with van der Waals surface area (Å²) in [6, 6.07) is 32.2. The van der Waals surface area contributed by atoms with Gasteiger partial charge in [0.15, 0.2) is 14.7 Å². The molecule has 4 bridgehead atoms. The van der Waals surface area contributed by atoms with Gasteiger partial charge in [0.05, 0.1) is 16.3 Å². The highest BCUT2D eigenvalue weighted by Crippen LogP contribution is 2.60. The second kappa shape index (κ2) is 12.8. The summed E-state index contributed by atoms with van der Waals surface area (Å²) in [5.74, 6) is -3.42. The van der Waals surface area contributed by atoms with Gasteiger partial charge in [-0.1, -0.05) is 54.6 Å². The van der Waals surface area contributed by atoms with Crippen LogP contribution in [0.15, 0.2) is 106 Å². The van der Waals surface area contributed by atoms with E-state index in [2.05, 4.69) is 95.7 Å². The summed E-state index contributed by atoms with van der Waals surface area (Å²) in [5.41, 5.74) is -0.368.